The van der Waals surface area contributed by atoms with Gasteiger partial charge < -0.3 is 10.5 Å². The third kappa shape index (κ3) is 4.30. The van der Waals surface area contributed by atoms with E-state index >= 15 is 0 Å². The maximum atomic E-state index is 6.09. The van der Waals surface area contributed by atoms with Gasteiger partial charge in [0.15, 0.2) is 0 Å². The van der Waals surface area contributed by atoms with E-state index in [9.17, 15) is 0 Å². The topological polar surface area (TPSA) is 48.1 Å². The van der Waals surface area contributed by atoms with Crippen molar-refractivity contribution in [1.29, 1.82) is 0 Å². The van der Waals surface area contributed by atoms with Crippen LogP contribution < -0.4 is 5.73 Å². The zero-order valence-corrected chi connectivity index (χ0v) is 11.9. The lowest BCUT2D eigenvalue weighted by molar-refractivity contribution is -0.00991. The van der Waals surface area contributed by atoms with Crippen LogP contribution in [0.4, 0.5) is 0 Å². The van der Waals surface area contributed by atoms with Crippen LogP contribution in [0.5, 0.6) is 0 Å². The maximum absolute atomic E-state index is 6.09. The van der Waals surface area contributed by atoms with Crippen molar-refractivity contribution in [1.82, 2.24) is 4.98 Å². The average molecular weight is 258 g/mol. The molecule has 1 atom stereocenters. The van der Waals surface area contributed by atoms with Gasteiger partial charge in [-0.05, 0) is 32.9 Å². The Labute approximate surface area is 114 Å². The minimum Gasteiger partial charge on any atom is -0.374 e. The van der Waals surface area contributed by atoms with E-state index in [1.807, 2.05) is 45.0 Å². The van der Waals surface area contributed by atoms with Gasteiger partial charge in [-0.3, -0.25) is 4.98 Å². The highest BCUT2D eigenvalue weighted by atomic mass is 16.5. The Bertz CT molecular complexity index is 546. The lowest BCUT2D eigenvalue weighted by atomic mass is 10.1. The van der Waals surface area contributed by atoms with Gasteiger partial charge in [-0.2, -0.15) is 0 Å². The van der Waals surface area contributed by atoms with E-state index in [-0.39, 0.29) is 11.6 Å². The zero-order chi connectivity index (χ0) is 13.9. The summed E-state index contributed by atoms with van der Waals surface area (Å²) >= 11 is 0. The van der Waals surface area contributed by atoms with Gasteiger partial charge in [0.2, 0.25) is 0 Å². The molecule has 0 aliphatic rings. The highest BCUT2D eigenvalue weighted by Gasteiger charge is 2.13. The summed E-state index contributed by atoms with van der Waals surface area (Å²) in [5, 5.41) is 1.16. The molecule has 0 aliphatic heterocycles. The summed E-state index contributed by atoms with van der Waals surface area (Å²) in [6, 6.07) is 12.2. The minimum absolute atomic E-state index is 0.0205. The van der Waals surface area contributed by atoms with Crippen LogP contribution in [0.25, 0.3) is 10.9 Å². The molecule has 0 amide bonds. The summed E-state index contributed by atoms with van der Waals surface area (Å²) in [6.07, 6.45) is 0.737. The van der Waals surface area contributed by atoms with Gasteiger partial charge in [-0.15, -0.1) is 0 Å². The van der Waals surface area contributed by atoms with Crippen molar-refractivity contribution in [2.75, 3.05) is 6.61 Å². The second-order valence-corrected chi connectivity index (χ2v) is 5.88. The summed E-state index contributed by atoms with van der Waals surface area (Å²) in [5.74, 6) is 0. The molecule has 0 spiro atoms. The predicted molar refractivity (Wildman–Crippen MR) is 79.1 cm³/mol. The smallest absolute Gasteiger partial charge is 0.0705 e. The first-order valence-corrected chi connectivity index (χ1v) is 6.68. The number of fused-ring (bicyclic) bond motifs is 1. The van der Waals surface area contributed by atoms with E-state index in [1.165, 1.54) is 0 Å². The molecule has 2 N–H and O–H groups in total. The molecule has 0 bridgehead atoms. The van der Waals surface area contributed by atoms with Crippen LogP contribution in [0, 0.1) is 0 Å². The Morgan fingerprint density at radius 2 is 1.89 bits per heavy atom. The molecular weight excluding hydrogens is 236 g/mol. The summed E-state index contributed by atoms with van der Waals surface area (Å²) in [4.78, 5) is 4.62. The molecule has 2 rings (SSSR count). The number of aromatic nitrogens is 1. The third-order valence-electron chi connectivity index (χ3n) is 2.86. The molecule has 1 aromatic heterocycles. The number of rotatable bonds is 4. The van der Waals surface area contributed by atoms with Gasteiger partial charge in [0.05, 0.1) is 17.7 Å². The van der Waals surface area contributed by atoms with Crippen LogP contribution >= 0.6 is 0 Å². The molecule has 0 saturated heterocycles. The SMILES string of the molecule is CC(C)(C)OCC(N)Cc1ccc2ccccc2n1. The number of nitrogens with zero attached hydrogens (tertiary/aromatic N) is 1. The molecule has 1 unspecified atom stereocenters. The normalized spacial score (nSPS) is 13.7. The molecule has 102 valence electrons. The summed E-state index contributed by atoms with van der Waals surface area (Å²) in [6.45, 7) is 6.66. The van der Waals surface area contributed by atoms with Crippen LogP contribution in [-0.2, 0) is 11.2 Å². The number of nitrogens with two attached hydrogens (primary N) is 1. The van der Waals surface area contributed by atoms with Crippen LogP contribution in [0.1, 0.15) is 26.5 Å². The monoisotopic (exact) mass is 258 g/mol. The molecule has 3 heteroatoms. The minimum atomic E-state index is -0.144. The number of ether oxygens (including phenoxy) is 1. The highest BCUT2D eigenvalue weighted by Crippen LogP contribution is 2.13. The van der Waals surface area contributed by atoms with Gasteiger partial charge in [0.1, 0.15) is 0 Å². The molecule has 19 heavy (non-hydrogen) atoms. The molecule has 0 radical (unpaired) electrons. The zero-order valence-electron chi connectivity index (χ0n) is 11.9. The molecule has 0 aliphatic carbocycles. The summed E-state index contributed by atoms with van der Waals surface area (Å²) in [7, 11) is 0. The second kappa shape index (κ2) is 5.68. The molecular formula is C16H22N2O. The second-order valence-electron chi connectivity index (χ2n) is 5.88. The lowest BCUT2D eigenvalue weighted by Gasteiger charge is -2.22. The first-order valence-electron chi connectivity index (χ1n) is 6.68. The Kier molecular flexibility index (Phi) is 4.17. The number of benzene rings is 1. The third-order valence-corrected chi connectivity index (χ3v) is 2.86. The molecule has 3 nitrogen and oxygen atoms in total. The first kappa shape index (κ1) is 14.0. The number of pyridine rings is 1. The molecule has 0 fully saturated rings. The van der Waals surface area contributed by atoms with Crippen molar-refractivity contribution in [2.45, 2.75) is 38.8 Å². The van der Waals surface area contributed by atoms with Crippen molar-refractivity contribution >= 4 is 10.9 Å². The Hall–Kier alpha value is -1.45. The fourth-order valence-electron chi connectivity index (χ4n) is 1.91. The van der Waals surface area contributed by atoms with Gasteiger partial charge in [0, 0.05) is 23.5 Å². The van der Waals surface area contributed by atoms with E-state index in [0.29, 0.717) is 6.61 Å². The van der Waals surface area contributed by atoms with Crippen LogP contribution in [0.15, 0.2) is 36.4 Å². The Morgan fingerprint density at radius 3 is 2.63 bits per heavy atom. The van der Waals surface area contributed by atoms with Crippen LogP contribution in [0.3, 0.4) is 0 Å². The van der Waals surface area contributed by atoms with E-state index in [2.05, 4.69) is 17.1 Å². The largest absolute Gasteiger partial charge is 0.374 e. The van der Waals surface area contributed by atoms with Crippen molar-refractivity contribution in [2.24, 2.45) is 5.73 Å². The molecule has 1 aromatic carbocycles. The van der Waals surface area contributed by atoms with Crippen molar-refractivity contribution < 1.29 is 4.74 Å². The van der Waals surface area contributed by atoms with E-state index in [1.54, 1.807) is 0 Å². The quantitative estimate of drug-likeness (QED) is 0.917. The number of para-hydroxylation sites is 1. The van der Waals surface area contributed by atoms with Crippen molar-refractivity contribution in [3.8, 4) is 0 Å². The fourth-order valence-corrected chi connectivity index (χ4v) is 1.91. The lowest BCUT2D eigenvalue weighted by Crippen LogP contribution is -2.33. The molecule has 0 saturated carbocycles. The molecule has 1 heterocycles. The highest BCUT2D eigenvalue weighted by molar-refractivity contribution is 5.78. The van der Waals surface area contributed by atoms with Crippen LogP contribution in [0.2, 0.25) is 0 Å². The Balaban J connectivity index is 2.00. The standard InChI is InChI=1S/C16H22N2O/c1-16(2,3)19-11-13(17)10-14-9-8-12-6-4-5-7-15(12)18-14/h4-9,13H,10-11,17H2,1-3H3. The molecule has 2 aromatic rings. The fraction of sp³-hybridized carbons (Fsp3) is 0.438. The average Bonchev–Trinajstić information content (AvgIpc) is 2.35. The summed E-state index contributed by atoms with van der Waals surface area (Å²) in [5.41, 5.74) is 7.98. The predicted octanol–water partition coefficient (Wildman–Crippen LogP) is 2.92. The maximum Gasteiger partial charge on any atom is 0.0705 e. The van der Waals surface area contributed by atoms with Gasteiger partial charge in [0.25, 0.3) is 0 Å². The van der Waals surface area contributed by atoms with Gasteiger partial charge in [-0.25, -0.2) is 0 Å². The number of hydrogen-bond acceptors (Lipinski definition) is 3. The van der Waals surface area contributed by atoms with Gasteiger partial charge in [-0.1, -0.05) is 24.3 Å². The Morgan fingerprint density at radius 1 is 1.16 bits per heavy atom. The summed E-state index contributed by atoms with van der Waals surface area (Å²) < 4.78 is 5.70. The van der Waals surface area contributed by atoms with Crippen molar-refractivity contribution in [3.05, 3.63) is 42.1 Å². The van der Waals surface area contributed by atoms with E-state index in [4.69, 9.17) is 10.5 Å². The van der Waals surface area contributed by atoms with Crippen LogP contribution in [-0.4, -0.2) is 23.2 Å². The van der Waals surface area contributed by atoms with Crippen molar-refractivity contribution in [3.63, 3.8) is 0 Å². The first-order chi connectivity index (χ1) is 8.94. The number of hydrogen-bond donors (Lipinski definition) is 1. The van der Waals surface area contributed by atoms with E-state index < -0.39 is 0 Å². The van der Waals surface area contributed by atoms with Gasteiger partial charge >= 0.3 is 0 Å². The van der Waals surface area contributed by atoms with E-state index in [0.717, 1.165) is 23.0 Å².